The number of benzene rings is 1. The minimum Gasteiger partial charge on any atom is -0.461 e. The molecule has 2 rings (SSSR count). The van der Waals surface area contributed by atoms with Gasteiger partial charge in [-0.3, -0.25) is 24.2 Å². The van der Waals surface area contributed by atoms with E-state index in [1.54, 1.807) is 0 Å². The number of carbonyl (C=O) groups is 4. The Balaban J connectivity index is 2.01. The molecule has 0 aromatic heterocycles. The molecule has 0 saturated carbocycles. The molecule has 37 heavy (non-hydrogen) atoms. The molecule has 0 spiro atoms. The Morgan fingerprint density at radius 3 is 2.46 bits per heavy atom. The van der Waals surface area contributed by atoms with Crippen molar-refractivity contribution in [2.45, 2.75) is 65.0 Å². The molecule has 0 unspecified atom stereocenters. The number of nitrogens with two attached hydrogens (primary N) is 2. The second-order valence-electron chi connectivity index (χ2n) is 9.81. The topological polar surface area (TPSA) is 145 Å². The Morgan fingerprint density at radius 1 is 1.14 bits per heavy atom. The molecule has 1 saturated heterocycles. The normalized spacial score (nSPS) is 16.8. The van der Waals surface area contributed by atoms with Gasteiger partial charge in [0.1, 0.15) is 13.3 Å². The molecule has 0 aliphatic carbocycles. The van der Waals surface area contributed by atoms with Gasteiger partial charge in [-0.2, -0.15) is 0 Å². The maximum atomic E-state index is 13.5. The monoisotopic (exact) mass is 518 g/mol. The number of Topliss-reactive ketones (excluding diaryl/α,β-unsaturated/α-hetero) is 2. The second-order valence-corrected chi connectivity index (χ2v) is 9.81. The van der Waals surface area contributed by atoms with E-state index >= 15 is 0 Å². The Kier molecular flexibility index (Phi) is 12.2. The highest BCUT2D eigenvalue weighted by molar-refractivity contribution is 5.94. The van der Waals surface area contributed by atoms with Crippen molar-refractivity contribution in [2.24, 2.45) is 34.2 Å². The number of ether oxygens (including phenoxy) is 1. The van der Waals surface area contributed by atoms with Crippen LogP contribution in [0.1, 0.15) is 57.9 Å². The van der Waals surface area contributed by atoms with Crippen molar-refractivity contribution < 1.29 is 28.3 Å². The summed E-state index contributed by atoms with van der Waals surface area (Å²) in [5, 5.41) is 0. The third kappa shape index (κ3) is 9.59. The number of carbonyl (C=O) groups excluding carboxylic acids is 4. The number of amides is 1. The van der Waals surface area contributed by atoms with Crippen LogP contribution in [-0.2, 0) is 30.5 Å². The maximum absolute atomic E-state index is 13.5. The summed E-state index contributed by atoms with van der Waals surface area (Å²) >= 11 is 0. The van der Waals surface area contributed by atoms with Gasteiger partial charge in [0.2, 0.25) is 5.91 Å². The van der Waals surface area contributed by atoms with E-state index in [4.69, 9.17) is 16.2 Å². The van der Waals surface area contributed by atoms with E-state index in [0.29, 0.717) is 25.8 Å². The van der Waals surface area contributed by atoms with E-state index in [1.165, 1.54) is 4.90 Å². The van der Waals surface area contributed by atoms with Gasteiger partial charge in [-0.05, 0) is 37.2 Å². The zero-order valence-corrected chi connectivity index (χ0v) is 21.7. The molecule has 1 aromatic rings. The lowest BCUT2D eigenvalue weighted by Gasteiger charge is -2.30. The number of likely N-dealkylation sites (tertiary alicyclic amines) is 1. The third-order valence-electron chi connectivity index (χ3n) is 6.70. The number of hydrogen-bond donors (Lipinski definition) is 2. The first-order valence-electron chi connectivity index (χ1n) is 12.8. The van der Waals surface area contributed by atoms with Crippen LogP contribution < -0.4 is 11.5 Å². The molecule has 204 valence electrons. The average molecular weight is 519 g/mol. The second kappa shape index (κ2) is 15.1. The van der Waals surface area contributed by atoms with E-state index in [1.807, 2.05) is 44.2 Å². The fraction of sp³-hybridized carbons (Fsp3) is 0.593. The summed E-state index contributed by atoms with van der Waals surface area (Å²) in [6.45, 7) is 3.34. The molecule has 1 aliphatic rings. The van der Waals surface area contributed by atoms with Gasteiger partial charge in [0.25, 0.3) is 0 Å². The number of alkyl halides is 1. The largest absolute Gasteiger partial charge is 0.461 e. The molecule has 1 heterocycles. The molecular formula is C27H39FN4O5. The van der Waals surface area contributed by atoms with Crippen molar-refractivity contribution in [1.29, 1.82) is 0 Å². The van der Waals surface area contributed by atoms with Crippen LogP contribution in [0.2, 0.25) is 0 Å². The fourth-order valence-electron chi connectivity index (χ4n) is 4.57. The first-order chi connectivity index (χ1) is 17.6. The summed E-state index contributed by atoms with van der Waals surface area (Å²) in [5.74, 6) is -3.32. The van der Waals surface area contributed by atoms with E-state index < -0.39 is 36.3 Å². The van der Waals surface area contributed by atoms with Gasteiger partial charge in [0, 0.05) is 25.4 Å². The molecule has 1 fully saturated rings. The molecule has 0 bridgehead atoms. The summed E-state index contributed by atoms with van der Waals surface area (Å²) in [6.07, 6.45) is 1.57. The molecule has 10 heteroatoms. The highest BCUT2D eigenvalue weighted by Crippen LogP contribution is 2.28. The quantitative estimate of drug-likeness (QED) is 0.157. The number of halogens is 1. The third-order valence-corrected chi connectivity index (χ3v) is 6.70. The van der Waals surface area contributed by atoms with Crippen molar-refractivity contribution >= 4 is 29.4 Å². The van der Waals surface area contributed by atoms with Crippen molar-refractivity contribution in [3.63, 3.8) is 0 Å². The van der Waals surface area contributed by atoms with Gasteiger partial charge in [-0.1, -0.05) is 44.2 Å². The van der Waals surface area contributed by atoms with Crippen LogP contribution >= 0.6 is 0 Å². The van der Waals surface area contributed by atoms with Crippen molar-refractivity contribution in [1.82, 2.24) is 4.90 Å². The molecule has 1 amide bonds. The smallest absolute Gasteiger partial charge is 0.306 e. The number of nitrogens with zero attached hydrogens (tertiary/aromatic N) is 2. The van der Waals surface area contributed by atoms with Crippen molar-refractivity contribution in [3.8, 4) is 0 Å². The van der Waals surface area contributed by atoms with E-state index in [9.17, 15) is 23.6 Å². The zero-order chi connectivity index (χ0) is 27.4. The molecule has 1 aromatic carbocycles. The number of rotatable bonds is 15. The summed E-state index contributed by atoms with van der Waals surface area (Å²) in [7, 11) is 0. The van der Waals surface area contributed by atoms with Crippen LogP contribution in [-0.4, -0.2) is 60.1 Å². The predicted octanol–water partition coefficient (Wildman–Crippen LogP) is 2.55. The van der Waals surface area contributed by atoms with Crippen molar-refractivity contribution in [3.05, 3.63) is 35.9 Å². The number of guanidine groups is 1. The molecular weight excluding hydrogens is 479 g/mol. The minimum absolute atomic E-state index is 0.0757. The predicted molar refractivity (Wildman–Crippen MR) is 138 cm³/mol. The zero-order valence-electron chi connectivity index (χ0n) is 21.7. The van der Waals surface area contributed by atoms with Crippen LogP contribution in [0.25, 0.3) is 0 Å². The van der Waals surface area contributed by atoms with E-state index in [2.05, 4.69) is 4.99 Å². The Hall–Kier alpha value is -3.30. The average Bonchev–Trinajstić information content (AvgIpc) is 3.37. The molecule has 9 nitrogen and oxygen atoms in total. The highest BCUT2D eigenvalue weighted by Gasteiger charge is 2.39. The van der Waals surface area contributed by atoms with E-state index in [0.717, 1.165) is 5.56 Å². The lowest BCUT2D eigenvalue weighted by molar-refractivity contribution is -0.152. The van der Waals surface area contributed by atoms with E-state index in [-0.39, 0.29) is 56.0 Å². The first-order valence-corrected chi connectivity index (χ1v) is 12.8. The Labute approximate surface area is 217 Å². The number of aliphatic imine (C=N–C) groups is 1. The van der Waals surface area contributed by atoms with Crippen LogP contribution in [0.3, 0.4) is 0 Å². The van der Waals surface area contributed by atoms with Gasteiger partial charge in [0.05, 0.1) is 18.4 Å². The summed E-state index contributed by atoms with van der Waals surface area (Å²) in [4.78, 5) is 56.7. The van der Waals surface area contributed by atoms with Gasteiger partial charge in [-0.15, -0.1) is 0 Å². The van der Waals surface area contributed by atoms with Crippen LogP contribution in [0, 0.1) is 17.8 Å². The maximum Gasteiger partial charge on any atom is 0.306 e. The molecule has 0 radical (unpaired) electrons. The first kappa shape index (κ1) is 29.9. The Morgan fingerprint density at radius 2 is 1.84 bits per heavy atom. The van der Waals surface area contributed by atoms with Gasteiger partial charge >= 0.3 is 5.97 Å². The van der Waals surface area contributed by atoms with Crippen molar-refractivity contribution in [2.75, 3.05) is 19.8 Å². The fourth-order valence-corrected chi connectivity index (χ4v) is 4.57. The van der Waals surface area contributed by atoms with Gasteiger partial charge in [-0.25, -0.2) is 4.39 Å². The molecule has 3 atom stereocenters. The van der Waals surface area contributed by atoms with Gasteiger partial charge in [0.15, 0.2) is 17.5 Å². The standard InChI is InChI=1S/C27H39FN4O5/c1-18(2)21(15-25(35)37-17-19-8-4-3-5-9-19)26(36)32-13-7-11-22(32)23(33)14-20(24(34)16-28)10-6-12-31-27(29)30/h3-5,8-9,18,20-22H,6-7,10-17H2,1-2H3,(H4,29,30,31)/t20-,21+,22+/m1/s1. The number of ketones is 2. The summed E-state index contributed by atoms with van der Waals surface area (Å²) < 4.78 is 18.5. The molecule has 1 aliphatic heterocycles. The highest BCUT2D eigenvalue weighted by atomic mass is 19.1. The lowest BCUT2D eigenvalue weighted by Crippen LogP contribution is -2.46. The SMILES string of the molecule is CC(C)[C@H](CC(=O)OCc1ccccc1)C(=O)N1CCC[C@H]1C(=O)C[C@@H](CCCN=C(N)N)C(=O)CF. The van der Waals surface area contributed by atoms with Crippen LogP contribution in [0.4, 0.5) is 4.39 Å². The minimum atomic E-state index is -1.16. The number of esters is 1. The Bertz CT molecular complexity index is 949. The molecule has 4 N–H and O–H groups in total. The van der Waals surface area contributed by atoms with Crippen LogP contribution in [0.5, 0.6) is 0 Å². The summed E-state index contributed by atoms with van der Waals surface area (Å²) in [5.41, 5.74) is 11.5. The van der Waals surface area contributed by atoms with Gasteiger partial charge < -0.3 is 21.1 Å². The lowest BCUT2D eigenvalue weighted by atomic mass is 9.88. The summed E-state index contributed by atoms with van der Waals surface area (Å²) in [6, 6.07) is 8.57. The van der Waals surface area contributed by atoms with Crippen LogP contribution in [0.15, 0.2) is 35.3 Å². The number of hydrogen-bond acceptors (Lipinski definition) is 6.